The topological polar surface area (TPSA) is 80.2 Å². The van der Waals surface area contributed by atoms with E-state index in [1.165, 1.54) is 11.8 Å². The van der Waals surface area contributed by atoms with Crippen LogP contribution in [0.3, 0.4) is 0 Å². The second kappa shape index (κ2) is 8.64. The molecule has 0 unspecified atom stereocenters. The van der Waals surface area contributed by atoms with Crippen LogP contribution in [0.25, 0.3) is 6.08 Å². The van der Waals surface area contributed by atoms with Crippen LogP contribution in [0.4, 0.5) is 5.69 Å². The van der Waals surface area contributed by atoms with Gasteiger partial charge in [-0.2, -0.15) is 0 Å². The standard InChI is InChI=1S/C20H20N2O4S/c1-3-25-15-8-6-14(7-9-15)21-20-22-19(24)18(27-20)12-13-5-10-16(23)17(11-13)26-4-2/h5-12,23H,3-4H2,1-2H3,(H,21,22,24). The molecule has 0 aromatic heterocycles. The molecule has 6 nitrogen and oxygen atoms in total. The van der Waals surface area contributed by atoms with Crippen molar-refractivity contribution in [3.8, 4) is 17.2 Å². The lowest BCUT2D eigenvalue weighted by atomic mass is 10.2. The van der Waals surface area contributed by atoms with Crippen LogP contribution < -0.4 is 14.8 Å². The van der Waals surface area contributed by atoms with Crippen molar-refractivity contribution in [2.75, 3.05) is 13.2 Å². The second-order valence-corrected chi connectivity index (χ2v) is 6.60. The van der Waals surface area contributed by atoms with Gasteiger partial charge in [-0.25, -0.2) is 4.99 Å². The Hall–Kier alpha value is -2.93. The number of thioether (sulfide) groups is 1. The Morgan fingerprint density at radius 2 is 1.85 bits per heavy atom. The summed E-state index contributed by atoms with van der Waals surface area (Å²) in [6, 6.07) is 12.3. The maximum Gasteiger partial charge on any atom is 0.264 e. The van der Waals surface area contributed by atoms with Gasteiger partial charge >= 0.3 is 0 Å². The molecule has 0 atom stereocenters. The summed E-state index contributed by atoms with van der Waals surface area (Å²) < 4.78 is 10.8. The van der Waals surface area contributed by atoms with Crippen molar-refractivity contribution in [3.05, 3.63) is 52.9 Å². The molecule has 0 radical (unpaired) electrons. The van der Waals surface area contributed by atoms with E-state index in [9.17, 15) is 9.90 Å². The van der Waals surface area contributed by atoms with E-state index < -0.39 is 0 Å². The molecule has 0 saturated carbocycles. The van der Waals surface area contributed by atoms with Gasteiger partial charge in [-0.15, -0.1) is 0 Å². The van der Waals surface area contributed by atoms with Gasteiger partial charge in [0.15, 0.2) is 16.7 Å². The highest BCUT2D eigenvalue weighted by Crippen LogP contribution is 2.31. The Morgan fingerprint density at radius 1 is 1.11 bits per heavy atom. The maximum atomic E-state index is 12.2. The van der Waals surface area contributed by atoms with Gasteiger partial charge in [-0.05, 0) is 73.6 Å². The van der Waals surface area contributed by atoms with Gasteiger partial charge in [0, 0.05) is 0 Å². The van der Waals surface area contributed by atoms with Gasteiger partial charge in [-0.3, -0.25) is 4.79 Å². The van der Waals surface area contributed by atoms with Gasteiger partial charge in [0.2, 0.25) is 0 Å². The molecule has 1 aliphatic rings. The Kier molecular flexibility index (Phi) is 6.03. The van der Waals surface area contributed by atoms with Gasteiger partial charge in [0.25, 0.3) is 5.91 Å². The summed E-state index contributed by atoms with van der Waals surface area (Å²) in [7, 11) is 0. The number of aromatic hydroxyl groups is 1. The highest BCUT2D eigenvalue weighted by atomic mass is 32.2. The normalized spacial score (nSPS) is 16.6. The molecule has 2 N–H and O–H groups in total. The predicted octanol–water partition coefficient (Wildman–Crippen LogP) is 4.08. The second-order valence-electron chi connectivity index (χ2n) is 5.57. The van der Waals surface area contributed by atoms with E-state index in [1.807, 2.05) is 38.1 Å². The maximum absolute atomic E-state index is 12.2. The van der Waals surface area contributed by atoms with E-state index in [1.54, 1.807) is 24.3 Å². The largest absolute Gasteiger partial charge is 0.504 e. The molecule has 1 amide bonds. The zero-order valence-electron chi connectivity index (χ0n) is 15.1. The lowest BCUT2D eigenvalue weighted by Crippen LogP contribution is -2.19. The molecule has 140 valence electrons. The molecule has 1 aliphatic heterocycles. The van der Waals surface area contributed by atoms with Crippen LogP contribution in [-0.4, -0.2) is 29.4 Å². The zero-order valence-corrected chi connectivity index (χ0v) is 15.9. The van der Waals surface area contributed by atoms with Crippen molar-refractivity contribution in [1.82, 2.24) is 5.32 Å². The molecule has 27 heavy (non-hydrogen) atoms. The van der Waals surface area contributed by atoms with E-state index >= 15 is 0 Å². The summed E-state index contributed by atoms with van der Waals surface area (Å²) in [6.07, 6.45) is 1.74. The van der Waals surface area contributed by atoms with Gasteiger partial charge < -0.3 is 19.9 Å². The first-order chi connectivity index (χ1) is 13.1. The minimum atomic E-state index is -0.212. The average molecular weight is 384 g/mol. The molecule has 0 spiro atoms. The van der Waals surface area contributed by atoms with E-state index in [4.69, 9.17) is 9.47 Å². The minimum Gasteiger partial charge on any atom is -0.504 e. The molecule has 1 saturated heterocycles. The van der Waals surface area contributed by atoms with Crippen LogP contribution in [0.15, 0.2) is 52.4 Å². The summed E-state index contributed by atoms with van der Waals surface area (Å²) in [5.41, 5.74) is 1.49. The van der Waals surface area contributed by atoms with Crippen LogP contribution in [0.1, 0.15) is 19.4 Å². The molecule has 3 rings (SSSR count). The van der Waals surface area contributed by atoms with E-state index in [2.05, 4.69) is 10.3 Å². The predicted molar refractivity (Wildman–Crippen MR) is 108 cm³/mol. The molecule has 7 heteroatoms. The highest BCUT2D eigenvalue weighted by molar-refractivity contribution is 8.18. The number of phenols is 1. The van der Waals surface area contributed by atoms with E-state index in [-0.39, 0.29) is 11.7 Å². The van der Waals surface area contributed by atoms with Crippen molar-refractivity contribution < 1.29 is 19.4 Å². The number of amidine groups is 1. The van der Waals surface area contributed by atoms with Crippen molar-refractivity contribution in [2.24, 2.45) is 4.99 Å². The molecule has 0 aliphatic carbocycles. The number of hydrogen-bond donors (Lipinski definition) is 2. The molecule has 2 aromatic carbocycles. The van der Waals surface area contributed by atoms with Gasteiger partial charge in [0.1, 0.15) is 5.75 Å². The number of carbonyl (C=O) groups is 1. The number of hydrogen-bond acceptors (Lipinski definition) is 6. The smallest absolute Gasteiger partial charge is 0.264 e. The summed E-state index contributed by atoms with van der Waals surface area (Å²) in [6.45, 7) is 4.82. The van der Waals surface area contributed by atoms with Crippen molar-refractivity contribution in [2.45, 2.75) is 13.8 Å². The monoisotopic (exact) mass is 384 g/mol. The lowest BCUT2D eigenvalue weighted by molar-refractivity contribution is -0.115. The number of aliphatic imine (C=N–C) groups is 1. The van der Waals surface area contributed by atoms with Crippen LogP contribution in [0.2, 0.25) is 0 Å². The molecule has 1 fully saturated rings. The number of carbonyl (C=O) groups excluding carboxylic acids is 1. The van der Waals surface area contributed by atoms with Crippen molar-refractivity contribution in [3.63, 3.8) is 0 Å². The third-order valence-corrected chi connectivity index (χ3v) is 4.52. The molecular formula is C20H20N2O4S. The van der Waals surface area contributed by atoms with Gasteiger partial charge in [-0.1, -0.05) is 6.07 Å². The third-order valence-electron chi connectivity index (χ3n) is 3.61. The number of ether oxygens (including phenoxy) is 2. The first-order valence-corrected chi connectivity index (χ1v) is 9.39. The fourth-order valence-electron chi connectivity index (χ4n) is 2.42. The molecule has 2 aromatic rings. The average Bonchev–Trinajstić information content (AvgIpc) is 2.99. The fourth-order valence-corrected chi connectivity index (χ4v) is 3.27. The molecule has 0 bridgehead atoms. The highest BCUT2D eigenvalue weighted by Gasteiger charge is 2.24. The summed E-state index contributed by atoms with van der Waals surface area (Å²) in [4.78, 5) is 17.2. The first-order valence-electron chi connectivity index (χ1n) is 8.57. The first kappa shape index (κ1) is 18.8. The van der Waals surface area contributed by atoms with Crippen LogP contribution in [0, 0.1) is 0 Å². The van der Waals surface area contributed by atoms with E-state index in [0.717, 1.165) is 17.0 Å². The fraction of sp³-hybridized carbons (Fsp3) is 0.200. The van der Waals surface area contributed by atoms with E-state index in [0.29, 0.717) is 29.0 Å². The van der Waals surface area contributed by atoms with Crippen molar-refractivity contribution >= 4 is 34.6 Å². The Balaban J connectivity index is 1.76. The summed E-state index contributed by atoms with van der Waals surface area (Å²) >= 11 is 1.26. The molecular weight excluding hydrogens is 364 g/mol. The van der Waals surface area contributed by atoms with Crippen LogP contribution in [0.5, 0.6) is 17.2 Å². The summed E-state index contributed by atoms with van der Waals surface area (Å²) in [5, 5.41) is 13.1. The third kappa shape index (κ3) is 4.83. The Labute approximate surface area is 161 Å². The zero-order chi connectivity index (χ0) is 19.2. The molecule has 1 heterocycles. The number of phenolic OH excluding ortho intramolecular Hbond substituents is 1. The Morgan fingerprint density at radius 3 is 2.56 bits per heavy atom. The quantitative estimate of drug-likeness (QED) is 0.734. The minimum absolute atomic E-state index is 0.0697. The van der Waals surface area contributed by atoms with Gasteiger partial charge in [0.05, 0.1) is 23.8 Å². The van der Waals surface area contributed by atoms with Crippen LogP contribution in [-0.2, 0) is 4.79 Å². The lowest BCUT2D eigenvalue weighted by Gasteiger charge is -2.06. The SMILES string of the molecule is CCOc1ccc(N=C2NC(=O)C(=Cc3ccc(O)c(OCC)c3)S2)cc1. The van der Waals surface area contributed by atoms with Crippen LogP contribution >= 0.6 is 11.8 Å². The number of amides is 1. The van der Waals surface area contributed by atoms with Crippen molar-refractivity contribution in [1.29, 1.82) is 0 Å². The summed E-state index contributed by atoms with van der Waals surface area (Å²) in [5.74, 6) is 1.03. The number of rotatable bonds is 6. The number of nitrogens with one attached hydrogen (secondary N) is 1. The number of benzene rings is 2. The Bertz CT molecular complexity index is 891. The number of nitrogens with zero attached hydrogens (tertiary/aromatic N) is 1.